The highest BCUT2D eigenvalue weighted by atomic mass is 15.0. The van der Waals surface area contributed by atoms with E-state index in [1.165, 1.54) is 22.0 Å². The molecule has 1 heterocycles. The van der Waals surface area contributed by atoms with Gasteiger partial charge in [-0.15, -0.1) is 0 Å². The quantitative estimate of drug-likeness (QED) is 0.779. The van der Waals surface area contributed by atoms with Gasteiger partial charge in [-0.3, -0.25) is 0 Å². The van der Waals surface area contributed by atoms with Gasteiger partial charge in [0.25, 0.3) is 0 Å². The van der Waals surface area contributed by atoms with E-state index in [1.54, 1.807) is 0 Å². The number of benzene rings is 1. The molecular weight excluding hydrogens is 196 g/mol. The van der Waals surface area contributed by atoms with Crippen molar-refractivity contribution in [2.45, 2.75) is 26.4 Å². The number of fused-ring (bicyclic) bond motifs is 1. The van der Waals surface area contributed by atoms with Crippen LogP contribution in [0.4, 0.5) is 0 Å². The van der Waals surface area contributed by atoms with Crippen molar-refractivity contribution >= 4 is 10.9 Å². The summed E-state index contributed by atoms with van der Waals surface area (Å²) in [7, 11) is 0. The summed E-state index contributed by atoms with van der Waals surface area (Å²) in [4.78, 5) is 0. The van der Waals surface area contributed by atoms with Crippen molar-refractivity contribution in [1.82, 2.24) is 4.57 Å². The average Bonchev–Trinajstić information content (AvgIpc) is 2.72. The topological polar surface area (TPSA) is 30.9 Å². The highest BCUT2D eigenvalue weighted by Gasteiger charge is 2.05. The average molecular weight is 214 g/mol. The molecule has 0 saturated carbocycles. The molecule has 0 radical (unpaired) electrons. The van der Waals surface area contributed by atoms with Crippen molar-refractivity contribution in [3.63, 3.8) is 0 Å². The number of rotatable bonds is 4. The molecule has 0 bridgehead atoms. The van der Waals surface area contributed by atoms with Crippen LogP contribution >= 0.6 is 0 Å². The normalized spacial score (nSPS) is 10.9. The molecule has 2 N–H and O–H groups in total. The van der Waals surface area contributed by atoms with Gasteiger partial charge in [0.15, 0.2) is 0 Å². The van der Waals surface area contributed by atoms with Crippen LogP contribution in [-0.4, -0.2) is 4.57 Å². The molecule has 1 aromatic carbocycles. The third-order valence-corrected chi connectivity index (χ3v) is 2.99. The first-order valence-electron chi connectivity index (χ1n) is 5.69. The smallest absolute Gasteiger partial charge is 0.0528 e. The predicted molar refractivity (Wildman–Crippen MR) is 69.3 cm³/mol. The fraction of sp³-hybridized carbons (Fsp3) is 0.286. The molecule has 2 rings (SSSR count). The third-order valence-electron chi connectivity index (χ3n) is 2.99. The zero-order valence-corrected chi connectivity index (χ0v) is 9.74. The second kappa shape index (κ2) is 4.54. The second-order valence-corrected chi connectivity index (χ2v) is 4.11. The van der Waals surface area contributed by atoms with Crippen LogP contribution < -0.4 is 5.73 Å². The largest absolute Gasteiger partial charge is 0.343 e. The van der Waals surface area contributed by atoms with Gasteiger partial charge in [0.1, 0.15) is 0 Å². The molecule has 0 fully saturated rings. The molecule has 0 amide bonds. The van der Waals surface area contributed by atoms with E-state index in [4.69, 9.17) is 5.73 Å². The molecule has 2 heteroatoms. The van der Waals surface area contributed by atoms with Crippen molar-refractivity contribution in [2.75, 3.05) is 0 Å². The lowest BCUT2D eigenvalue weighted by molar-refractivity contribution is 0.786. The Morgan fingerprint density at radius 2 is 2.19 bits per heavy atom. The number of aromatic nitrogens is 1. The number of allylic oxidation sites excluding steroid dienone is 1. The zero-order chi connectivity index (χ0) is 11.5. The first kappa shape index (κ1) is 11.0. The Morgan fingerprint density at radius 1 is 1.38 bits per heavy atom. The molecule has 84 valence electrons. The molecule has 0 aliphatic carbocycles. The Labute approximate surface area is 96.4 Å². The lowest BCUT2D eigenvalue weighted by atomic mass is 10.1. The molecule has 16 heavy (non-hydrogen) atoms. The van der Waals surface area contributed by atoms with E-state index in [1.807, 2.05) is 0 Å². The number of nitrogens with two attached hydrogens (primary N) is 1. The molecule has 0 aliphatic heterocycles. The minimum atomic E-state index is 0.583. The van der Waals surface area contributed by atoms with E-state index in [0.717, 1.165) is 13.0 Å². The molecular formula is C14H18N2. The van der Waals surface area contributed by atoms with Crippen LogP contribution in [0.2, 0.25) is 0 Å². The first-order chi connectivity index (χ1) is 7.76. The van der Waals surface area contributed by atoms with Crippen LogP contribution in [0.15, 0.2) is 42.6 Å². The summed E-state index contributed by atoms with van der Waals surface area (Å²) in [6.07, 6.45) is 3.13. The van der Waals surface area contributed by atoms with Gasteiger partial charge in [0.05, 0.1) is 5.52 Å². The Balaban J connectivity index is 2.49. The van der Waals surface area contributed by atoms with Crippen LogP contribution in [0.3, 0.4) is 0 Å². The van der Waals surface area contributed by atoms with Crippen molar-refractivity contribution in [3.05, 3.63) is 48.2 Å². The highest BCUT2D eigenvalue weighted by molar-refractivity contribution is 5.83. The van der Waals surface area contributed by atoms with E-state index >= 15 is 0 Å². The Kier molecular flexibility index (Phi) is 3.11. The zero-order valence-electron chi connectivity index (χ0n) is 9.74. The number of nitrogens with zero attached hydrogens (tertiary/aromatic N) is 1. The summed E-state index contributed by atoms with van der Waals surface area (Å²) in [6.45, 7) is 7.66. The third kappa shape index (κ3) is 1.89. The van der Waals surface area contributed by atoms with Gasteiger partial charge < -0.3 is 10.3 Å². The Hall–Kier alpha value is -1.54. The fourth-order valence-electron chi connectivity index (χ4n) is 1.99. The monoisotopic (exact) mass is 214 g/mol. The fourth-order valence-corrected chi connectivity index (χ4v) is 1.99. The van der Waals surface area contributed by atoms with Crippen molar-refractivity contribution in [2.24, 2.45) is 5.73 Å². The van der Waals surface area contributed by atoms with Gasteiger partial charge in [0.2, 0.25) is 0 Å². The molecule has 2 aromatic rings. The Morgan fingerprint density at radius 3 is 2.88 bits per heavy atom. The SMILES string of the molecule is C=C(CC)Cn1ccc2cccc(CN)c21. The minimum Gasteiger partial charge on any atom is -0.343 e. The summed E-state index contributed by atoms with van der Waals surface area (Å²) < 4.78 is 2.24. The Bertz CT molecular complexity index is 508. The summed E-state index contributed by atoms with van der Waals surface area (Å²) in [5.74, 6) is 0. The molecule has 2 nitrogen and oxygen atoms in total. The molecule has 0 atom stereocenters. The second-order valence-electron chi connectivity index (χ2n) is 4.11. The van der Waals surface area contributed by atoms with Gasteiger partial charge in [-0.2, -0.15) is 0 Å². The van der Waals surface area contributed by atoms with Crippen LogP contribution in [-0.2, 0) is 13.1 Å². The van der Waals surface area contributed by atoms with Gasteiger partial charge in [-0.1, -0.05) is 37.3 Å². The predicted octanol–water partition coefficient (Wildman–Crippen LogP) is 3.07. The number of hydrogen-bond acceptors (Lipinski definition) is 1. The van der Waals surface area contributed by atoms with Crippen LogP contribution in [0.1, 0.15) is 18.9 Å². The van der Waals surface area contributed by atoms with Crippen molar-refractivity contribution in [3.8, 4) is 0 Å². The maximum atomic E-state index is 5.77. The standard InChI is InChI=1S/C14H18N2/c1-3-11(2)10-16-8-7-12-5-4-6-13(9-15)14(12)16/h4-8H,2-3,9-10,15H2,1H3. The lowest BCUT2D eigenvalue weighted by Gasteiger charge is -2.09. The highest BCUT2D eigenvalue weighted by Crippen LogP contribution is 2.21. The molecule has 0 aliphatic rings. The first-order valence-corrected chi connectivity index (χ1v) is 5.69. The molecule has 0 saturated heterocycles. The summed E-state index contributed by atoms with van der Waals surface area (Å²) in [5.41, 5.74) is 9.46. The summed E-state index contributed by atoms with van der Waals surface area (Å²) in [6, 6.07) is 8.41. The van der Waals surface area contributed by atoms with Gasteiger partial charge in [-0.25, -0.2) is 0 Å². The number of hydrogen-bond donors (Lipinski definition) is 1. The van der Waals surface area contributed by atoms with Crippen LogP contribution in [0.25, 0.3) is 10.9 Å². The molecule has 0 unspecified atom stereocenters. The van der Waals surface area contributed by atoms with Gasteiger partial charge in [0, 0.05) is 19.3 Å². The van der Waals surface area contributed by atoms with Crippen molar-refractivity contribution < 1.29 is 0 Å². The minimum absolute atomic E-state index is 0.583. The van der Waals surface area contributed by atoms with Crippen LogP contribution in [0, 0.1) is 0 Å². The van der Waals surface area contributed by atoms with E-state index < -0.39 is 0 Å². The maximum absolute atomic E-state index is 5.77. The maximum Gasteiger partial charge on any atom is 0.0528 e. The molecule has 1 aromatic heterocycles. The van der Waals surface area contributed by atoms with E-state index in [-0.39, 0.29) is 0 Å². The van der Waals surface area contributed by atoms with E-state index in [0.29, 0.717) is 6.54 Å². The summed E-state index contributed by atoms with van der Waals surface area (Å²) >= 11 is 0. The van der Waals surface area contributed by atoms with Crippen LogP contribution in [0.5, 0.6) is 0 Å². The van der Waals surface area contributed by atoms with Crippen molar-refractivity contribution in [1.29, 1.82) is 0 Å². The summed E-state index contributed by atoms with van der Waals surface area (Å²) in [5, 5.41) is 1.26. The van der Waals surface area contributed by atoms with E-state index in [2.05, 4.69) is 48.5 Å². The molecule has 0 spiro atoms. The van der Waals surface area contributed by atoms with Gasteiger partial charge >= 0.3 is 0 Å². The number of para-hydroxylation sites is 1. The van der Waals surface area contributed by atoms with E-state index in [9.17, 15) is 0 Å². The van der Waals surface area contributed by atoms with Gasteiger partial charge in [-0.05, 0) is 23.4 Å². The lowest BCUT2D eigenvalue weighted by Crippen LogP contribution is -2.03.